The van der Waals surface area contributed by atoms with Crippen LogP contribution in [0.1, 0.15) is 49.5 Å². The van der Waals surface area contributed by atoms with Crippen molar-refractivity contribution in [3.05, 3.63) is 77.7 Å². The van der Waals surface area contributed by atoms with Gasteiger partial charge in [0.25, 0.3) is 0 Å². The predicted molar refractivity (Wildman–Crippen MR) is 143 cm³/mol. The third-order valence-corrected chi connectivity index (χ3v) is 6.08. The maximum absolute atomic E-state index is 13.4. The molecule has 0 N–H and O–H groups in total. The zero-order valence-corrected chi connectivity index (χ0v) is 22.6. The van der Waals surface area contributed by atoms with Crippen LogP contribution in [-0.2, 0) is 15.9 Å². The lowest BCUT2D eigenvalue weighted by molar-refractivity contribution is 0.0166. The molecule has 206 valence electrons. The van der Waals surface area contributed by atoms with Gasteiger partial charge in [-0.15, -0.1) is 0 Å². The Kier molecular flexibility index (Phi) is 8.69. The summed E-state index contributed by atoms with van der Waals surface area (Å²) in [4.78, 5) is 31.2. The van der Waals surface area contributed by atoms with Gasteiger partial charge >= 0.3 is 12.1 Å². The molecule has 0 radical (unpaired) electrons. The predicted octanol–water partition coefficient (Wildman–Crippen LogP) is 6.78. The summed E-state index contributed by atoms with van der Waals surface area (Å²) in [6.07, 6.45) is 3.84. The summed E-state index contributed by atoms with van der Waals surface area (Å²) < 4.78 is 35.5. The maximum Gasteiger partial charge on any atom is 0.410 e. The van der Waals surface area contributed by atoms with Gasteiger partial charge in [-0.05, 0) is 94.0 Å². The first-order chi connectivity index (χ1) is 18.6. The highest BCUT2D eigenvalue weighted by Crippen LogP contribution is 2.30. The van der Waals surface area contributed by atoms with Crippen molar-refractivity contribution in [3.63, 3.8) is 0 Å². The van der Waals surface area contributed by atoms with Crippen LogP contribution >= 0.6 is 0 Å². The number of benzene rings is 2. The summed E-state index contributed by atoms with van der Waals surface area (Å²) in [7, 11) is 1.30. The number of nitrogens with zero attached hydrogens (tertiary/aromatic N) is 2. The second-order valence-corrected chi connectivity index (χ2v) is 10.5. The Balaban J connectivity index is 1.43. The molecule has 1 aliphatic heterocycles. The van der Waals surface area contributed by atoms with Crippen molar-refractivity contribution in [3.8, 4) is 23.1 Å². The molecule has 0 spiro atoms. The highest BCUT2D eigenvalue weighted by atomic mass is 19.1. The van der Waals surface area contributed by atoms with Crippen molar-refractivity contribution in [2.75, 3.05) is 20.2 Å². The Morgan fingerprint density at radius 1 is 1.03 bits per heavy atom. The highest BCUT2D eigenvalue weighted by molar-refractivity contribution is 5.92. The van der Waals surface area contributed by atoms with Crippen LogP contribution in [0.2, 0.25) is 0 Å². The number of hydrogen-bond acceptors (Lipinski definition) is 7. The smallest absolute Gasteiger partial charge is 0.410 e. The summed E-state index contributed by atoms with van der Waals surface area (Å²) in [6, 6.07) is 14.3. The number of likely N-dealkylation sites (tertiary alicyclic amines) is 1. The van der Waals surface area contributed by atoms with E-state index in [9.17, 15) is 14.0 Å². The van der Waals surface area contributed by atoms with Gasteiger partial charge in [-0.1, -0.05) is 6.07 Å². The molecular formula is C30H33FN2O6. The second-order valence-electron chi connectivity index (χ2n) is 10.5. The monoisotopic (exact) mass is 536 g/mol. The minimum Gasteiger partial charge on any atom is -0.465 e. The second kappa shape index (κ2) is 12.1. The Hall–Kier alpha value is -4.14. The molecule has 1 amide bonds. The molecule has 0 bridgehead atoms. The standard InChI is InChI=1S/C30H33FN2O6/c1-30(2,3)39-29(35)33-14-6-7-20(19-33)15-21-16-26(28(34)36-4)27(32-18-21)38-24-12-10-23(11-13-24)37-25-9-5-8-22(31)17-25/h5,8-13,16-18,20H,6-7,14-15,19H2,1-4H3. The molecule has 3 aromatic rings. The molecule has 39 heavy (non-hydrogen) atoms. The highest BCUT2D eigenvalue weighted by Gasteiger charge is 2.28. The van der Waals surface area contributed by atoms with Crippen molar-refractivity contribution in [1.82, 2.24) is 9.88 Å². The molecule has 2 aromatic carbocycles. The van der Waals surface area contributed by atoms with Crippen molar-refractivity contribution < 1.29 is 32.9 Å². The van der Waals surface area contributed by atoms with Crippen LogP contribution < -0.4 is 9.47 Å². The van der Waals surface area contributed by atoms with Gasteiger partial charge in [0.15, 0.2) is 0 Å². The lowest BCUT2D eigenvalue weighted by atomic mass is 9.91. The average Bonchev–Trinajstić information content (AvgIpc) is 2.89. The Morgan fingerprint density at radius 3 is 2.41 bits per heavy atom. The normalized spacial score (nSPS) is 15.4. The number of methoxy groups -OCH3 is 1. The van der Waals surface area contributed by atoms with E-state index < -0.39 is 11.6 Å². The molecule has 1 fully saturated rings. The maximum atomic E-state index is 13.4. The number of carbonyl (C=O) groups is 2. The number of pyridine rings is 1. The largest absolute Gasteiger partial charge is 0.465 e. The van der Waals surface area contributed by atoms with E-state index in [1.807, 2.05) is 20.8 Å². The summed E-state index contributed by atoms with van der Waals surface area (Å²) in [5, 5.41) is 0. The summed E-state index contributed by atoms with van der Waals surface area (Å²) >= 11 is 0. The van der Waals surface area contributed by atoms with Crippen LogP contribution in [0.5, 0.6) is 23.1 Å². The minimum absolute atomic E-state index is 0.114. The van der Waals surface area contributed by atoms with E-state index in [1.54, 1.807) is 53.6 Å². The first-order valence-corrected chi connectivity index (χ1v) is 12.9. The number of ether oxygens (including phenoxy) is 4. The molecule has 0 aliphatic carbocycles. The van der Waals surface area contributed by atoms with E-state index in [4.69, 9.17) is 18.9 Å². The van der Waals surface area contributed by atoms with E-state index in [0.29, 0.717) is 36.8 Å². The third kappa shape index (κ3) is 7.92. The number of rotatable bonds is 7. The minimum atomic E-state index is -0.565. The molecule has 2 heterocycles. The van der Waals surface area contributed by atoms with E-state index >= 15 is 0 Å². The Bertz CT molecular complexity index is 1310. The van der Waals surface area contributed by atoms with Crippen LogP contribution in [0.3, 0.4) is 0 Å². The van der Waals surface area contributed by atoms with Crippen LogP contribution in [0.25, 0.3) is 0 Å². The number of esters is 1. The first kappa shape index (κ1) is 27.9. The number of aromatic nitrogens is 1. The SMILES string of the molecule is COC(=O)c1cc(CC2CCCN(C(=O)OC(C)(C)C)C2)cnc1Oc1ccc(Oc2cccc(F)c2)cc1. The van der Waals surface area contributed by atoms with Crippen molar-refractivity contribution in [1.29, 1.82) is 0 Å². The molecule has 1 aliphatic rings. The number of hydrogen-bond donors (Lipinski definition) is 0. The van der Waals surface area contributed by atoms with E-state index in [0.717, 1.165) is 18.4 Å². The lowest BCUT2D eigenvalue weighted by Crippen LogP contribution is -2.43. The van der Waals surface area contributed by atoms with Crippen molar-refractivity contribution >= 4 is 12.1 Å². The Labute approximate surface area is 227 Å². The van der Waals surface area contributed by atoms with Crippen LogP contribution in [0.4, 0.5) is 9.18 Å². The van der Waals surface area contributed by atoms with E-state index in [2.05, 4.69) is 4.98 Å². The number of piperidine rings is 1. The molecule has 1 saturated heterocycles. The zero-order chi connectivity index (χ0) is 28.0. The van der Waals surface area contributed by atoms with E-state index in [-0.39, 0.29) is 29.3 Å². The fourth-order valence-electron chi connectivity index (χ4n) is 4.36. The fraction of sp³-hybridized carbons (Fsp3) is 0.367. The number of carbonyl (C=O) groups excluding carboxylic acids is 2. The Morgan fingerprint density at radius 2 is 1.74 bits per heavy atom. The van der Waals surface area contributed by atoms with Crippen LogP contribution in [-0.4, -0.2) is 47.7 Å². The van der Waals surface area contributed by atoms with Crippen molar-refractivity contribution in [2.45, 2.75) is 45.6 Å². The number of amides is 1. The van der Waals surface area contributed by atoms with Gasteiger partial charge in [0.1, 0.15) is 34.2 Å². The molecule has 1 aromatic heterocycles. The van der Waals surface area contributed by atoms with Gasteiger partial charge in [-0.2, -0.15) is 0 Å². The molecule has 8 nitrogen and oxygen atoms in total. The summed E-state index contributed by atoms with van der Waals surface area (Å²) in [5.41, 5.74) is 0.501. The lowest BCUT2D eigenvalue weighted by Gasteiger charge is -2.34. The van der Waals surface area contributed by atoms with Crippen molar-refractivity contribution in [2.24, 2.45) is 5.92 Å². The van der Waals surface area contributed by atoms with Gasteiger partial charge in [-0.3, -0.25) is 0 Å². The summed E-state index contributed by atoms with van der Waals surface area (Å²) in [5.74, 6) is 0.677. The third-order valence-electron chi connectivity index (χ3n) is 6.08. The molecule has 0 saturated carbocycles. The zero-order valence-electron chi connectivity index (χ0n) is 22.6. The molecule has 4 rings (SSSR count). The molecule has 1 unspecified atom stereocenters. The van der Waals surface area contributed by atoms with Crippen LogP contribution in [0, 0.1) is 11.7 Å². The van der Waals surface area contributed by atoms with E-state index in [1.165, 1.54) is 19.2 Å². The topological polar surface area (TPSA) is 87.2 Å². The fourth-order valence-corrected chi connectivity index (χ4v) is 4.36. The number of halogens is 1. The molecule has 1 atom stereocenters. The summed E-state index contributed by atoms with van der Waals surface area (Å²) in [6.45, 7) is 6.79. The van der Waals surface area contributed by atoms with Gasteiger partial charge < -0.3 is 23.8 Å². The van der Waals surface area contributed by atoms with Gasteiger partial charge in [-0.25, -0.2) is 19.0 Å². The van der Waals surface area contributed by atoms with Gasteiger partial charge in [0.05, 0.1) is 7.11 Å². The van der Waals surface area contributed by atoms with Crippen LogP contribution in [0.15, 0.2) is 60.8 Å². The van der Waals surface area contributed by atoms with Gasteiger partial charge in [0.2, 0.25) is 5.88 Å². The van der Waals surface area contributed by atoms with Gasteiger partial charge in [0, 0.05) is 25.4 Å². The molecular weight excluding hydrogens is 503 g/mol. The quantitative estimate of drug-likeness (QED) is 0.308. The first-order valence-electron chi connectivity index (χ1n) is 12.9. The average molecular weight is 537 g/mol. The molecule has 9 heteroatoms.